The first-order valence-electron chi connectivity index (χ1n) is 7.29. The molecule has 2 heterocycles. The lowest BCUT2D eigenvalue weighted by Crippen LogP contribution is -2.41. The van der Waals surface area contributed by atoms with Crippen molar-refractivity contribution in [2.45, 2.75) is 52.2 Å². The van der Waals surface area contributed by atoms with E-state index in [2.05, 4.69) is 64.0 Å². The summed E-state index contributed by atoms with van der Waals surface area (Å²) in [7, 11) is -0.294. The largest absolute Gasteiger partial charge is 0.494 e. The molecule has 3 nitrogen and oxygen atoms in total. The van der Waals surface area contributed by atoms with Crippen LogP contribution >= 0.6 is 0 Å². The van der Waals surface area contributed by atoms with Crippen molar-refractivity contribution in [2.75, 3.05) is 0 Å². The fourth-order valence-electron chi connectivity index (χ4n) is 2.62. The molecule has 1 aliphatic heterocycles. The van der Waals surface area contributed by atoms with Crippen LogP contribution < -0.4 is 5.46 Å². The van der Waals surface area contributed by atoms with Crippen molar-refractivity contribution in [3.63, 3.8) is 0 Å². The number of benzene rings is 1. The number of aromatic nitrogens is 1. The van der Waals surface area contributed by atoms with E-state index in [0.29, 0.717) is 0 Å². The van der Waals surface area contributed by atoms with Gasteiger partial charge < -0.3 is 14.3 Å². The zero-order valence-corrected chi connectivity index (χ0v) is 12.9. The van der Waals surface area contributed by atoms with E-state index in [1.54, 1.807) is 0 Å². The van der Waals surface area contributed by atoms with Gasteiger partial charge in [0.2, 0.25) is 0 Å². The lowest BCUT2D eigenvalue weighted by molar-refractivity contribution is 0.00578. The monoisotopic (exact) mass is 271 g/mol. The highest BCUT2D eigenvalue weighted by Crippen LogP contribution is 2.36. The Hall–Kier alpha value is -1.26. The summed E-state index contributed by atoms with van der Waals surface area (Å²) in [5.74, 6) is 0. The van der Waals surface area contributed by atoms with E-state index >= 15 is 0 Å². The molecule has 0 spiro atoms. The Kier molecular flexibility index (Phi) is 3.00. The molecule has 106 valence electrons. The van der Waals surface area contributed by atoms with Crippen molar-refractivity contribution in [3.8, 4) is 0 Å². The van der Waals surface area contributed by atoms with Crippen LogP contribution in [0.15, 0.2) is 24.4 Å². The van der Waals surface area contributed by atoms with Gasteiger partial charge in [-0.1, -0.05) is 19.1 Å². The fraction of sp³-hybridized carbons (Fsp3) is 0.500. The molecule has 0 aliphatic carbocycles. The predicted molar refractivity (Wildman–Crippen MR) is 83.4 cm³/mol. The van der Waals surface area contributed by atoms with Crippen LogP contribution in [0.3, 0.4) is 0 Å². The Bertz CT molecular complexity index is 629. The summed E-state index contributed by atoms with van der Waals surface area (Å²) in [4.78, 5) is 3.33. The molecular formula is C16H22BNO2. The molecule has 0 bridgehead atoms. The van der Waals surface area contributed by atoms with Gasteiger partial charge in [-0.2, -0.15) is 0 Å². The van der Waals surface area contributed by atoms with Crippen LogP contribution in [0, 0.1) is 0 Å². The second kappa shape index (κ2) is 4.37. The van der Waals surface area contributed by atoms with Crippen molar-refractivity contribution >= 4 is 23.5 Å². The Balaban J connectivity index is 1.96. The van der Waals surface area contributed by atoms with E-state index in [-0.39, 0.29) is 18.3 Å². The molecule has 4 heteroatoms. The van der Waals surface area contributed by atoms with Gasteiger partial charge in [0.1, 0.15) is 0 Å². The first-order chi connectivity index (χ1) is 9.34. The molecule has 1 saturated heterocycles. The number of fused-ring (bicyclic) bond motifs is 1. The van der Waals surface area contributed by atoms with Crippen molar-refractivity contribution < 1.29 is 9.31 Å². The van der Waals surface area contributed by atoms with Crippen LogP contribution in [-0.2, 0) is 15.7 Å². The molecule has 1 N–H and O–H groups in total. The van der Waals surface area contributed by atoms with Crippen molar-refractivity contribution in [3.05, 3.63) is 30.0 Å². The molecule has 0 amide bonds. The topological polar surface area (TPSA) is 34.2 Å². The molecule has 20 heavy (non-hydrogen) atoms. The predicted octanol–water partition coefficient (Wildman–Crippen LogP) is 3.03. The molecule has 0 saturated carbocycles. The van der Waals surface area contributed by atoms with E-state index < -0.39 is 0 Å². The number of aryl methyl sites for hydroxylation is 1. The fourth-order valence-corrected chi connectivity index (χ4v) is 2.62. The van der Waals surface area contributed by atoms with Gasteiger partial charge in [0.05, 0.1) is 11.2 Å². The molecule has 3 rings (SSSR count). The highest BCUT2D eigenvalue weighted by molar-refractivity contribution is 6.62. The van der Waals surface area contributed by atoms with Crippen LogP contribution in [0.5, 0.6) is 0 Å². The quantitative estimate of drug-likeness (QED) is 0.852. The number of H-pyrrole nitrogens is 1. The van der Waals surface area contributed by atoms with Crippen LogP contribution in [0.2, 0.25) is 0 Å². The second-order valence-electron chi connectivity index (χ2n) is 6.56. The number of hydrogen-bond acceptors (Lipinski definition) is 2. The van der Waals surface area contributed by atoms with Crippen LogP contribution in [0.25, 0.3) is 10.9 Å². The molecular weight excluding hydrogens is 249 g/mol. The third kappa shape index (κ3) is 1.98. The molecule has 0 radical (unpaired) electrons. The van der Waals surface area contributed by atoms with E-state index in [0.717, 1.165) is 17.4 Å². The normalized spacial score (nSPS) is 20.8. The Morgan fingerprint density at radius 1 is 1.10 bits per heavy atom. The molecule has 0 atom stereocenters. The van der Waals surface area contributed by atoms with Crippen molar-refractivity contribution in [1.29, 1.82) is 0 Å². The zero-order chi connectivity index (χ0) is 14.5. The number of rotatable bonds is 2. The summed E-state index contributed by atoms with van der Waals surface area (Å²) >= 11 is 0. The van der Waals surface area contributed by atoms with E-state index in [1.165, 1.54) is 10.9 Å². The summed E-state index contributed by atoms with van der Waals surface area (Å²) in [6.45, 7) is 10.5. The first kappa shape index (κ1) is 13.7. The average Bonchev–Trinajstić information content (AvgIpc) is 2.87. The summed E-state index contributed by atoms with van der Waals surface area (Å²) in [6.07, 6.45) is 3.12. The second-order valence-corrected chi connectivity index (χ2v) is 6.56. The van der Waals surface area contributed by atoms with E-state index in [4.69, 9.17) is 9.31 Å². The number of nitrogens with one attached hydrogen (secondary N) is 1. The van der Waals surface area contributed by atoms with Crippen LogP contribution in [0.1, 0.15) is 40.2 Å². The third-order valence-corrected chi connectivity index (χ3v) is 4.70. The number of hydrogen-bond donors (Lipinski definition) is 1. The standard InChI is InChI=1S/C16H22BNO2/c1-6-11-10-18-14-9-12(7-8-13(11)14)17-19-15(2,3)16(4,5)20-17/h7-10,18H,6H2,1-5H3. The third-order valence-electron chi connectivity index (χ3n) is 4.70. The zero-order valence-electron chi connectivity index (χ0n) is 12.9. The summed E-state index contributed by atoms with van der Waals surface area (Å²) in [5, 5.41) is 1.28. The van der Waals surface area contributed by atoms with Gasteiger partial charge >= 0.3 is 7.12 Å². The highest BCUT2D eigenvalue weighted by atomic mass is 16.7. The highest BCUT2D eigenvalue weighted by Gasteiger charge is 2.51. The van der Waals surface area contributed by atoms with E-state index in [9.17, 15) is 0 Å². The molecule has 0 unspecified atom stereocenters. The Labute approximate surface area is 120 Å². The van der Waals surface area contributed by atoms with E-state index in [1.807, 2.05) is 0 Å². The average molecular weight is 271 g/mol. The van der Waals surface area contributed by atoms with Crippen molar-refractivity contribution in [2.24, 2.45) is 0 Å². The minimum absolute atomic E-state index is 0.294. The molecule has 1 fully saturated rings. The Morgan fingerprint density at radius 3 is 2.35 bits per heavy atom. The van der Waals surface area contributed by atoms with Crippen LogP contribution in [-0.4, -0.2) is 23.3 Å². The SMILES string of the molecule is CCc1c[nH]c2cc(B3OC(C)(C)C(C)(C)O3)ccc12. The molecule has 2 aromatic rings. The number of aromatic amines is 1. The minimum Gasteiger partial charge on any atom is -0.399 e. The maximum Gasteiger partial charge on any atom is 0.494 e. The summed E-state index contributed by atoms with van der Waals surface area (Å²) in [6, 6.07) is 6.40. The maximum atomic E-state index is 6.10. The smallest absolute Gasteiger partial charge is 0.399 e. The molecule has 1 aliphatic rings. The van der Waals surface area contributed by atoms with Gasteiger partial charge in [-0.25, -0.2) is 0 Å². The lowest BCUT2D eigenvalue weighted by Gasteiger charge is -2.32. The molecule has 1 aromatic heterocycles. The van der Waals surface area contributed by atoms with Crippen molar-refractivity contribution in [1.82, 2.24) is 4.98 Å². The van der Waals surface area contributed by atoms with Gasteiger partial charge in [0.25, 0.3) is 0 Å². The maximum absolute atomic E-state index is 6.10. The van der Waals surface area contributed by atoms with Gasteiger partial charge in [-0.05, 0) is 51.2 Å². The lowest BCUT2D eigenvalue weighted by atomic mass is 9.78. The van der Waals surface area contributed by atoms with Gasteiger partial charge in [0.15, 0.2) is 0 Å². The summed E-state index contributed by atoms with van der Waals surface area (Å²) in [5.41, 5.74) is 2.98. The van der Waals surface area contributed by atoms with Crippen LogP contribution in [0.4, 0.5) is 0 Å². The minimum atomic E-state index is -0.295. The first-order valence-corrected chi connectivity index (χ1v) is 7.29. The molecule has 1 aromatic carbocycles. The van der Waals surface area contributed by atoms with Gasteiger partial charge in [0, 0.05) is 17.1 Å². The van der Waals surface area contributed by atoms with Gasteiger partial charge in [-0.3, -0.25) is 0 Å². The summed E-state index contributed by atoms with van der Waals surface area (Å²) < 4.78 is 12.2. The Morgan fingerprint density at radius 2 is 1.75 bits per heavy atom. The van der Waals surface area contributed by atoms with Gasteiger partial charge in [-0.15, -0.1) is 0 Å².